The second-order valence-electron chi connectivity index (χ2n) is 9.55. The average molecular weight is 592 g/mol. The molecule has 0 saturated heterocycles. The number of nitrogens with zero attached hydrogens (tertiary/aromatic N) is 3. The van der Waals surface area contributed by atoms with E-state index in [2.05, 4.69) is 26.2 Å². The minimum absolute atomic E-state index is 0.188. The number of hydrogen-bond acceptors (Lipinski definition) is 10. The monoisotopic (exact) mass is 591 g/mol. The number of nitrogens with two attached hydrogens (primary N) is 1. The van der Waals surface area contributed by atoms with E-state index >= 15 is 0 Å². The van der Waals surface area contributed by atoms with Crippen molar-refractivity contribution in [3.05, 3.63) is 60.7 Å². The summed E-state index contributed by atoms with van der Waals surface area (Å²) in [5, 5.41) is 16.2. The van der Waals surface area contributed by atoms with Gasteiger partial charge in [0.25, 0.3) is 11.8 Å². The van der Waals surface area contributed by atoms with Gasteiger partial charge in [-0.1, -0.05) is 0 Å². The number of azo groups is 1. The molecular formula is C29H33N7O7. The molecule has 5 N–H and O–H groups in total. The molecule has 0 radical (unpaired) electrons. The SMILES string of the molecule is CO[C@H](CCCC(=O)NCC(=O)Nc1ccc(N=Nc2ccc(NC(=O)CN3C(=O)C=CC3=O)cc2)cc1)C[C@H](N)C=O. The summed E-state index contributed by atoms with van der Waals surface area (Å²) in [4.78, 5) is 71.1. The number of aldehydes is 1. The summed E-state index contributed by atoms with van der Waals surface area (Å²) in [6.45, 7) is -0.569. The largest absolute Gasteiger partial charge is 0.381 e. The molecule has 14 heteroatoms. The fraction of sp³-hybridized carbons (Fsp3) is 0.310. The maximum absolute atomic E-state index is 12.2. The highest BCUT2D eigenvalue weighted by molar-refractivity contribution is 6.15. The minimum Gasteiger partial charge on any atom is -0.381 e. The van der Waals surface area contributed by atoms with Crippen LogP contribution in [0.25, 0.3) is 0 Å². The first-order chi connectivity index (χ1) is 20.7. The molecule has 0 saturated carbocycles. The zero-order valence-electron chi connectivity index (χ0n) is 23.5. The van der Waals surface area contributed by atoms with Crippen molar-refractivity contribution in [3.8, 4) is 0 Å². The lowest BCUT2D eigenvalue weighted by Crippen LogP contribution is -2.37. The van der Waals surface area contributed by atoms with Crippen LogP contribution in [-0.4, -0.2) is 73.1 Å². The first kappa shape index (κ1) is 32.4. The Balaban J connectivity index is 1.37. The van der Waals surface area contributed by atoms with Crippen LogP contribution in [0.15, 0.2) is 70.9 Å². The smallest absolute Gasteiger partial charge is 0.254 e. The van der Waals surface area contributed by atoms with E-state index in [0.717, 1.165) is 17.1 Å². The normalized spacial score (nSPS) is 14.0. The highest BCUT2D eigenvalue weighted by Gasteiger charge is 2.25. The molecule has 5 amide bonds. The molecule has 1 aliphatic heterocycles. The number of hydrogen-bond donors (Lipinski definition) is 4. The maximum atomic E-state index is 12.2. The fourth-order valence-corrected chi connectivity index (χ4v) is 3.92. The van der Waals surface area contributed by atoms with Gasteiger partial charge < -0.3 is 31.2 Å². The number of carbonyl (C=O) groups is 6. The lowest BCUT2D eigenvalue weighted by molar-refractivity contribution is -0.139. The van der Waals surface area contributed by atoms with Gasteiger partial charge in [-0.25, -0.2) is 0 Å². The third-order valence-electron chi connectivity index (χ3n) is 6.20. The zero-order chi connectivity index (χ0) is 31.2. The van der Waals surface area contributed by atoms with E-state index in [9.17, 15) is 28.8 Å². The van der Waals surface area contributed by atoms with E-state index in [1.165, 1.54) is 7.11 Å². The van der Waals surface area contributed by atoms with Crippen LogP contribution in [0.4, 0.5) is 22.7 Å². The Morgan fingerprint density at radius 2 is 1.42 bits per heavy atom. The van der Waals surface area contributed by atoms with Gasteiger partial charge >= 0.3 is 0 Å². The van der Waals surface area contributed by atoms with Gasteiger partial charge in [0.05, 0.1) is 30.1 Å². The molecule has 0 spiro atoms. The second kappa shape index (κ2) is 16.4. The quantitative estimate of drug-likeness (QED) is 0.129. The van der Waals surface area contributed by atoms with Crippen LogP contribution in [0.3, 0.4) is 0 Å². The van der Waals surface area contributed by atoms with E-state index in [1.807, 2.05) is 0 Å². The summed E-state index contributed by atoms with van der Waals surface area (Å²) in [5.41, 5.74) is 7.63. The number of carbonyl (C=O) groups excluding carboxylic acids is 6. The summed E-state index contributed by atoms with van der Waals surface area (Å²) in [7, 11) is 1.53. The summed E-state index contributed by atoms with van der Waals surface area (Å²) < 4.78 is 5.27. The Labute approximate surface area is 247 Å². The van der Waals surface area contributed by atoms with Crippen LogP contribution in [0, 0.1) is 0 Å². The number of benzene rings is 2. The molecule has 0 fully saturated rings. The van der Waals surface area contributed by atoms with Gasteiger partial charge in [0.15, 0.2) is 0 Å². The molecule has 0 aromatic heterocycles. The Kier molecular flexibility index (Phi) is 12.4. The molecule has 1 aliphatic rings. The van der Waals surface area contributed by atoms with Crippen molar-refractivity contribution >= 4 is 58.6 Å². The second-order valence-corrected chi connectivity index (χ2v) is 9.55. The molecule has 0 bridgehead atoms. The maximum Gasteiger partial charge on any atom is 0.254 e. The van der Waals surface area contributed by atoms with Crippen LogP contribution in [0.2, 0.25) is 0 Å². The molecule has 2 aromatic carbocycles. The van der Waals surface area contributed by atoms with Crippen molar-refractivity contribution in [2.75, 3.05) is 30.8 Å². The van der Waals surface area contributed by atoms with Gasteiger partial charge in [-0.3, -0.25) is 28.9 Å². The topological polar surface area (TPSA) is 202 Å². The summed E-state index contributed by atoms with van der Waals surface area (Å²) in [6, 6.07) is 12.5. The third kappa shape index (κ3) is 11.0. The molecule has 43 heavy (non-hydrogen) atoms. The van der Waals surface area contributed by atoms with Crippen LogP contribution < -0.4 is 21.7 Å². The van der Waals surface area contributed by atoms with Crippen molar-refractivity contribution < 1.29 is 33.5 Å². The highest BCUT2D eigenvalue weighted by Crippen LogP contribution is 2.22. The standard InChI is InChI=1S/C29H33N7O7/c1-43-24(15-19(30)18-37)3-2-4-25(38)31-16-26(39)32-20-5-9-22(10-6-20)34-35-23-11-7-21(8-12-23)33-27(40)17-36-28(41)13-14-29(36)42/h5-14,18-19,24H,2-4,15-17,30H2,1H3,(H,31,38)(H,32,39)(H,33,40)/t19-,24+/m0/s1. The van der Waals surface area contributed by atoms with Crippen LogP contribution in [-0.2, 0) is 33.5 Å². The molecule has 14 nitrogen and oxygen atoms in total. The Morgan fingerprint density at radius 1 is 0.884 bits per heavy atom. The van der Waals surface area contributed by atoms with Gasteiger partial charge in [0, 0.05) is 37.1 Å². The molecular weight excluding hydrogens is 558 g/mol. The Morgan fingerprint density at radius 3 is 1.93 bits per heavy atom. The Bertz CT molecular complexity index is 1360. The number of anilines is 2. The number of amides is 5. The fourth-order valence-electron chi connectivity index (χ4n) is 3.92. The molecule has 0 aliphatic carbocycles. The van der Waals surface area contributed by atoms with E-state index in [-0.39, 0.29) is 31.5 Å². The molecule has 226 valence electrons. The molecule has 2 atom stereocenters. The van der Waals surface area contributed by atoms with Crippen molar-refractivity contribution in [2.45, 2.75) is 37.8 Å². The summed E-state index contributed by atoms with van der Waals surface area (Å²) in [5.74, 6) is -2.25. The van der Waals surface area contributed by atoms with Crippen molar-refractivity contribution in [2.24, 2.45) is 16.0 Å². The van der Waals surface area contributed by atoms with E-state index in [0.29, 0.717) is 48.3 Å². The Hall–Kier alpha value is -5.08. The molecule has 2 aromatic rings. The molecule has 0 unspecified atom stereocenters. The van der Waals surface area contributed by atoms with Gasteiger partial charge in [0.1, 0.15) is 12.8 Å². The lowest BCUT2D eigenvalue weighted by Gasteiger charge is -2.16. The van der Waals surface area contributed by atoms with Crippen LogP contribution in [0.1, 0.15) is 25.7 Å². The third-order valence-corrected chi connectivity index (χ3v) is 6.20. The lowest BCUT2D eigenvalue weighted by atomic mass is 10.0. The first-order valence-electron chi connectivity index (χ1n) is 13.4. The first-order valence-corrected chi connectivity index (χ1v) is 13.4. The van der Waals surface area contributed by atoms with Gasteiger partial charge in [-0.2, -0.15) is 10.2 Å². The number of methoxy groups -OCH3 is 1. The van der Waals surface area contributed by atoms with Gasteiger partial charge in [-0.15, -0.1) is 0 Å². The number of rotatable bonds is 16. The number of nitrogens with one attached hydrogen (secondary N) is 3. The summed E-state index contributed by atoms with van der Waals surface area (Å²) in [6.07, 6.45) is 4.35. The van der Waals surface area contributed by atoms with E-state index < -0.39 is 29.7 Å². The zero-order valence-corrected chi connectivity index (χ0v) is 23.5. The van der Waals surface area contributed by atoms with Crippen LogP contribution >= 0.6 is 0 Å². The predicted octanol–water partition coefficient (Wildman–Crippen LogP) is 2.12. The molecule has 1 heterocycles. The number of ether oxygens (including phenoxy) is 1. The summed E-state index contributed by atoms with van der Waals surface area (Å²) >= 11 is 0. The van der Waals surface area contributed by atoms with E-state index in [1.54, 1.807) is 48.5 Å². The van der Waals surface area contributed by atoms with Crippen LogP contribution in [0.5, 0.6) is 0 Å². The number of imide groups is 1. The van der Waals surface area contributed by atoms with Gasteiger partial charge in [-0.05, 0) is 67.8 Å². The van der Waals surface area contributed by atoms with E-state index in [4.69, 9.17) is 10.5 Å². The van der Waals surface area contributed by atoms with Crippen molar-refractivity contribution in [1.29, 1.82) is 0 Å². The molecule has 3 rings (SSSR count). The van der Waals surface area contributed by atoms with Gasteiger partial charge in [0.2, 0.25) is 17.7 Å². The van der Waals surface area contributed by atoms with Crippen molar-refractivity contribution in [1.82, 2.24) is 10.2 Å². The minimum atomic E-state index is -0.603. The highest BCUT2D eigenvalue weighted by atomic mass is 16.5. The average Bonchev–Trinajstić information content (AvgIpc) is 3.31. The van der Waals surface area contributed by atoms with Crippen molar-refractivity contribution in [3.63, 3.8) is 0 Å². The predicted molar refractivity (Wildman–Crippen MR) is 156 cm³/mol.